The molecule has 0 N–H and O–H groups in total. The topological polar surface area (TPSA) is 73.0 Å². The molecule has 0 bridgehead atoms. The summed E-state index contributed by atoms with van der Waals surface area (Å²) in [6.45, 7) is 3.09. The van der Waals surface area contributed by atoms with Gasteiger partial charge in [-0.3, -0.25) is 9.36 Å². The number of hydrogen-bond donors (Lipinski definition) is 0. The average Bonchev–Trinajstić information content (AvgIpc) is 3.14. The van der Waals surface area contributed by atoms with Crippen molar-refractivity contribution in [3.8, 4) is 17.5 Å². The molecule has 11 heteroatoms. The molecule has 0 atom stereocenters. The summed E-state index contributed by atoms with van der Waals surface area (Å²) in [6.07, 6.45) is -1.51. The van der Waals surface area contributed by atoms with Crippen molar-refractivity contribution in [1.82, 2.24) is 24.0 Å². The van der Waals surface area contributed by atoms with Crippen LogP contribution in [0.2, 0.25) is 0 Å². The van der Waals surface area contributed by atoms with Crippen molar-refractivity contribution < 1.29 is 22.4 Å². The first-order valence-electron chi connectivity index (χ1n) is 11.0. The molecule has 1 saturated heterocycles. The van der Waals surface area contributed by atoms with E-state index in [9.17, 15) is 27.2 Å². The third-order valence-electron chi connectivity index (χ3n) is 5.94. The molecular weight excluding hydrogens is 490 g/mol. The van der Waals surface area contributed by atoms with Gasteiger partial charge in [-0.2, -0.15) is 13.2 Å². The number of amides is 1. The third kappa shape index (κ3) is 4.38. The molecule has 186 valence electrons. The summed E-state index contributed by atoms with van der Waals surface area (Å²) in [6, 6.07) is 10.4. The van der Waals surface area contributed by atoms with Gasteiger partial charge in [-0.15, -0.1) is 0 Å². The van der Waals surface area contributed by atoms with Crippen LogP contribution in [0.3, 0.4) is 0 Å². The highest BCUT2D eigenvalue weighted by Gasteiger charge is 2.37. The van der Waals surface area contributed by atoms with Crippen molar-refractivity contribution in [2.45, 2.75) is 12.2 Å². The van der Waals surface area contributed by atoms with E-state index in [4.69, 9.17) is 0 Å². The minimum atomic E-state index is -4.54. The number of aromatic nitrogens is 4. The number of nitrogens with zero attached hydrogens (tertiary/aromatic N) is 5. The van der Waals surface area contributed by atoms with Gasteiger partial charge in [-0.05, 0) is 48.4 Å². The maximum atomic E-state index is 13.6. The summed E-state index contributed by atoms with van der Waals surface area (Å²) in [5.41, 5.74) is 0.175. The van der Waals surface area contributed by atoms with E-state index in [0.717, 1.165) is 12.1 Å². The molecule has 37 heavy (non-hydrogen) atoms. The maximum absolute atomic E-state index is 13.6. The summed E-state index contributed by atoms with van der Waals surface area (Å²) in [4.78, 5) is 35.3. The fourth-order valence-corrected chi connectivity index (χ4v) is 4.13. The standard InChI is InChI=1S/C26H17F4N5O2/c1-16(27)24(36)33-14-21(15-33)34-22-17(5-8-19-4-2-3-12-31-19)11-13-32-23(22)35(25(34)37)20-9-6-18(7-10-20)26(28,29)30/h2-4,6-7,9-13,21H,1,14-15H2. The predicted octanol–water partition coefficient (Wildman–Crippen LogP) is 3.87. The molecule has 0 unspecified atom stereocenters. The van der Waals surface area contributed by atoms with Gasteiger partial charge in [0.05, 0.1) is 22.9 Å². The number of rotatable bonds is 3. The van der Waals surface area contributed by atoms with Crippen molar-refractivity contribution in [2.24, 2.45) is 0 Å². The Morgan fingerprint density at radius 2 is 1.73 bits per heavy atom. The quantitative estimate of drug-likeness (QED) is 0.240. The molecule has 7 nitrogen and oxygen atoms in total. The molecule has 3 aromatic heterocycles. The van der Waals surface area contributed by atoms with Gasteiger partial charge in [0.25, 0.3) is 5.91 Å². The fourth-order valence-electron chi connectivity index (χ4n) is 4.13. The highest BCUT2D eigenvalue weighted by Crippen LogP contribution is 2.31. The van der Waals surface area contributed by atoms with Crippen LogP contribution in [0.1, 0.15) is 22.9 Å². The molecule has 0 saturated carbocycles. The number of hydrogen-bond acceptors (Lipinski definition) is 4. The Labute approximate surface area is 207 Å². The van der Waals surface area contributed by atoms with Crippen molar-refractivity contribution in [3.05, 3.63) is 101 Å². The monoisotopic (exact) mass is 507 g/mol. The molecular formula is C26H17F4N5O2. The number of likely N-dealkylation sites (tertiary alicyclic amines) is 1. The van der Waals surface area contributed by atoms with Gasteiger partial charge < -0.3 is 4.90 Å². The summed E-state index contributed by atoms with van der Waals surface area (Å²) >= 11 is 0. The first-order chi connectivity index (χ1) is 17.6. The number of pyridine rings is 2. The number of alkyl halides is 3. The molecule has 5 rings (SSSR count). The van der Waals surface area contributed by atoms with Gasteiger partial charge in [0.15, 0.2) is 11.5 Å². The van der Waals surface area contributed by atoms with E-state index >= 15 is 0 Å². The molecule has 1 aliphatic heterocycles. The van der Waals surface area contributed by atoms with Crippen molar-refractivity contribution in [2.75, 3.05) is 13.1 Å². The second-order valence-corrected chi connectivity index (χ2v) is 8.30. The van der Waals surface area contributed by atoms with Crippen LogP contribution in [0, 0.1) is 11.8 Å². The van der Waals surface area contributed by atoms with E-state index in [1.165, 1.54) is 32.4 Å². The zero-order valence-corrected chi connectivity index (χ0v) is 19.0. The van der Waals surface area contributed by atoms with Gasteiger partial charge in [0, 0.05) is 25.5 Å². The lowest BCUT2D eigenvalue weighted by Crippen LogP contribution is -2.52. The van der Waals surface area contributed by atoms with E-state index in [0.29, 0.717) is 16.8 Å². The van der Waals surface area contributed by atoms with Gasteiger partial charge >= 0.3 is 11.9 Å². The van der Waals surface area contributed by atoms with Crippen LogP contribution in [0.5, 0.6) is 0 Å². The number of benzene rings is 1. The van der Waals surface area contributed by atoms with Gasteiger partial charge in [-0.25, -0.2) is 23.7 Å². The summed E-state index contributed by atoms with van der Waals surface area (Å²) in [7, 11) is 0. The van der Waals surface area contributed by atoms with Gasteiger partial charge in [0.2, 0.25) is 0 Å². The Balaban J connectivity index is 1.67. The third-order valence-corrected chi connectivity index (χ3v) is 5.94. The lowest BCUT2D eigenvalue weighted by atomic mass is 10.1. The van der Waals surface area contributed by atoms with Crippen LogP contribution < -0.4 is 5.69 Å². The fraction of sp³-hybridized carbons (Fsp3) is 0.154. The maximum Gasteiger partial charge on any atom is 0.416 e. The predicted molar refractivity (Wildman–Crippen MR) is 126 cm³/mol. The molecule has 1 aliphatic rings. The number of carbonyl (C=O) groups excluding carboxylic acids is 1. The number of carbonyl (C=O) groups is 1. The van der Waals surface area contributed by atoms with E-state index in [-0.39, 0.29) is 24.4 Å². The van der Waals surface area contributed by atoms with Crippen LogP contribution in [-0.2, 0) is 11.0 Å². The number of halogens is 4. The minimum Gasteiger partial charge on any atom is -0.332 e. The minimum absolute atomic E-state index is 0.0375. The largest absolute Gasteiger partial charge is 0.416 e. The highest BCUT2D eigenvalue weighted by atomic mass is 19.4. The van der Waals surface area contributed by atoms with Crippen molar-refractivity contribution >= 4 is 17.1 Å². The molecule has 1 fully saturated rings. The average molecular weight is 507 g/mol. The van der Waals surface area contributed by atoms with E-state index in [2.05, 4.69) is 28.4 Å². The van der Waals surface area contributed by atoms with E-state index in [1.54, 1.807) is 30.5 Å². The molecule has 4 aromatic rings. The van der Waals surface area contributed by atoms with Gasteiger partial charge in [0.1, 0.15) is 11.2 Å². The van der Waals surface area contributed by atoms with E-state index in [1.807, 2.05) is 0 Å². The number of imidazole rings is 1. The second kappa shape index (κ2) is 9.05. The highest BCUT2D eigenvalue weighted by molar-refractivity contribution is 5.91. The smallest absolute Gasteiger partial charge is 0.332 e. The molecule has 1 aromatic carbocycles. The molecule has 1 amide bonds. The van der Waals surface area contributed by atoms with Crippen LogP contribution in [-0.4, -0.2) is 43.0 Å². The second-order valence-electron chi connectivity index (χ2n) is 8.30. The summed E-state index contributed by atoms with van der Waals surface area (Å²) in [5, 5.41) is 0. The van der Waals surface area contributed by atoms with Crippen LogP contribution >= 0.6 is 0 Å². The van der Waals surface area contributed by atoms with Crippen molar-refractivity contribution in [3.63, 3.8) is 0 Å². The Morgan fingerprint density at radius 1 is 1.00 bits per heavy atom. The van der Waals surface area contributed by atoms with Crippen LogP contribution in [0.25, 0.3) is 16.9 Å². The lowest BCUT2D eigenvalue weighted by molar-refractivity contribution is -0.137. The zero-order chi connectivity index (χ0) is 26.3. The Kier molecular flexibility index (Phi) is 5.87. The van der Waals surface area contributed by atoms with E-state index < -0.39 is 35.2 Å². The summed E-state index contributed by atoms with van der Waals surface area (Å²) < 4.78 is 55.2. The lowest BCUT2D eigenvalue weighted by Gasteiger charge is -2.39. The Hall–Kier alpha value is -4.72. The van der Waals surface area contributed by atoms with Crippen LogP contribution in [0.4, 0.5) is 17.6 Å². The Morgan fingerprint density at radius 3 is 2.35 bits per heavy atom. The number of fused-ring (bicyclic) bond motifs is 1. The molecule has 0 radical (unpaired) electrons. The first-order valence-corrected chi connectivity index (χ1v) is 11.0. The van der Waals surface area contributed by atoms with Gasteiger partial charge in [-0.1, -0.05) is 18.6 Å². The first kappa shape index (κ1) is 24.0. The van der Waals surface area contributed by atoms with Crippen LogP contribution in [0.15, 0.2) is 78.1 Å². The SMILES string of the molecule is C=C(F)C(=O)N1CC(n2c(=O)n(-c3ccc(C(F)(F)F)cc3)c3nccc(C#Cc4ccccn4)c32)C1. The zero-order valence-electron chi connectivity index (χ0n) is 19.0. The normalized spacial score (nSPS) is 13.7. The Bertz CT molecular complexity index is 1640. The molecule has 0 aliphatic carbocycles. The summed E-state index contributed by atoms with van der Waals surface area (Å²) in [5.74, 6) is 3.94. The van der Waals surface area contributed by atoms with Crippen molar-refractivity contribution in [1.29, 1.82) is 0 Å². The molecule has 0 spiro atoms. The molecule has 4 heterocycles.